The largest absolute Gasteiger partial charge is 0.320 e. The Morgan fingerprint density at radius 1 is 0.821 bits per heavy atom. The molecule has 0 aromatic heterocycles. The molecule has 3 aromatic carbocycles. The molecule has 4 rings (SSSR count). The number of imide groups is 1. The smallest absolute Gasteiger partial charge is 0.266 e. The van der Waals surface area contributed by atoms with E-state index >= 15 is 0 Å². The zero-order valence-electron chi connectivity index (χ0n) is 15.5. The zero-order chi connectivity index (χ0) is 19.8. The molecule has 28 heavy (non-hydrogen) atoms. The average molecular weight is 370 g/mol. The van der Waals surface area contributed by atoms with E-state index in [-0.39, 0.29) is 5.91 Å². The first-order valence-corrected chi connectivity index (χ1v) is 8.93. The Hall–Kier alpha value is -3.73. The van der Waals surface area contributed by atoms with E-state index in [1.54, 1.807) is 48.5 Å². The molecule has 5 nitrogen and oxygen atoms in total. The van der Waals surface area contributed by atoms with Gasteiger partial charge in [-0.25, -0.2) is 4.90 Å². The van der Waals surface area contributed by atoms with Crippen LogP contribution < -0.4 is 10.2 Å². The number of hydrogen-bond donors (Lipinski definition) is 1. The molecule has 5 heteroatoms. The Labute approximate surface area is 162 Å². The van der Waals surface area contributed by atoms with Crippen LogP contribution in [0.25, 0.3) is 0 Å². The molecule has 0 saturated heterocycles. The summed E-state index contributed by atoms with van der Waals surface area (Å²) in [5.74, 6) is -1.07. The van der Waals surface area contributed by atoms with E-state index in [1.165, 1.54) is 0 Å². The second kappa shape index (κ2) is 6.78. The summed E-state index contributed by atoms with van der Waals surface area (Å²) < 4.78 is 0. The maximum Gasteiger partial charge on any atom is 0.266 e. The predicted molar refractivity (Wildman–Crippen MR) is 108 cm³/mol. The van der Waals surface area contributed by atoms with Crippen LogP contribution in [0.3, 0.4) is 0 Å². The standard InChI is InChI=1S/C23H18N2O3/c1-14-11-12-19(24-21(26)16-8-4-3-7-15(16)2)20(13-14)25-22(27)17-9-5-6-10-18(17)23(25)28/h3-13H,1-2H3,(H,24,26). The van der Waals surface area contributed by atoms with Crippen LogP contribution in [-0.4, -0.2) is 17.7 Å². The van der Waals surface area contributed by atoms with Crippen molar-refractivity contribution in [2.75, 3.05) is 10.2 Å². The van der Waals surface area contributed by atoms with Crippen LogP contribution in [-0.2, 0) is 0 Å². The van der Waals surface area contributed by atoms with Crippen molar-refractivity contribution in [2.24, 2.45) is 0 Å². The molecule has 1 aliphatic rings. The number of rotatable bonds is 3. The van der Waals surface area contributed by atoms with E-state index in [2.05, 4.69) is 5.32 Å². The third-order valence-electron chi connectivity index (χ3n) is 4.83. The van der Waals surface area contributed by atoms with Gasteiger partial charge in [-0.1, -0.05) is 36.4 Å². The van der Waals surface area contributed by atoms with Crippen LogP contribution in [0.4, 0.5) is 11.4 Å². The molecule has 0 saturated carbocycles. The normalized spacial score (nSPS) is 12.9. The van der Waals surface area contributed by atoms with Gasteiger partial charge in [-0.3, -0.25) is 14.4 Å². The molecule has 3 amide bonds. The molecule has 1 N–H and O–H groups in total. The fraction of sp³-hybridized carbons (Fsp3) is 0.0870. The summed E-state index contributed by atoms with van der Waals surface area (Å²) in [6.07, 6.45) is 0. The van der Waals surface area contributed by atoms with Crippen molar-refractivity contribution in [1.82, 2.24) is 0 Å². The summed E-state index contributed by atoms with van der Waals surface area (Å²) in [5.41, 5.74) is 3.77. The summed E-state index contributed by atoms with van der Waals surface area (Å²) in [6, 6.07) is 19.2. The molecule has 0 unspecified atom stereocenters. The molecule has 1 aliphatic heterocycles. The van der Waals surface area contributed by atoms with Gasteiger partial charge in [-0.15, -0.1) is 0 Å². The first-order chi connectivity index (χ1) is 13.5. The summed E-state index contributed by atoms with van der Waals surface area (Å²) in [7, 11) is 0. The van der Waals surface area contributed by atoms with E-state index in [9.17, 15) is 14.4 Å². The van der Waals surface area contributed by atoms with Gasteiger partial charge >= 0.3 is 0 Å². The summed E-state index contributed by atoms with van der Waals surface area (Å²) >= 11 is 0. The van der Waals surface area contributed by atoms with Crippen molar-refractivity contribution in [1.29, 1.82) is 0 Å². The van der Waals surface area contributed by atoms with E-state index < -0.39 is 11.8 Å². The van der Waals surface area contributed by atoms with Crippen LogP contribution in [0.1, 0.15) is 42.2 Å². The van der Waals surface area contributed by atoms with Crippen molar-refractivity contribution < 1.29 is 14.4 Å². The molecule has 0 aliphatic carbocycles. The lowest BCUT2D eigenvalue weighted by molar-refractivity contribution is 0.0924. The minimum absolute atomic E-state index is 0.292. The lowest BCUT2D eigenvalue weighted by Gasteiger charge is -2.19. The number of aryl methyl sites for hydroxylation is 2. The monoisotopic (exact) mass is 370 g/mol. The third kappa shape index (κ3) is 2.87. The van der Waals surface area contributed by atoms with Gasteiger partial charge in [0.15, 0.2) is 0 Å². The Kier molecular flexibility index (Phi) is 4.28. The van der Waals surface area contributed by atoms with Gasteiger partial charge in [0.2, 0.25) is 0 Å². The van der Waals surface area contributed by atoms with Gasteiger partial charge < -0.3 is 5.32 Å². The summed E-state index contributed by atoms with van der Waals surface area (Å²) in [6.45, 7) is 3.73. The highest BCUT2D eigenvalue weighted by Crippen LogP contribution is 2.34. The van der Waals surface area contributed by atoms with Crippen LogP contribution >= 0.6 is 0 Å². The number of nitrogens with zero attached hydrogens (tertiary/aromatic N) is 1. The van der Waals surface area contributed by atoms with Crippen molar-refractivity contribution in [2.45, 2.75) is 13.8 Å². The quantitative estimate of drug-likeness (QED) is 0.697. The number of nitrogens with one attached hydrogen (secondary N) is 1. The van der Waals surface area contributed by atoms with Gasteiger partial charge in [0, 0.05) is 5.56 Å². The molecular weight excluding hydrogens is 352 g/mol. The summed E-state index contributed by atoms with van der Waals surface area (Å²) in [4.78, 5) is 39.6. The Morgan fingerprint density at radius 3 is 2.07 bits per heavy atom. The maximum absolute atomic E-state index is 12.9. The second-order valence-corrected chi connectivity index (χ2v) is 6.78. The van der Waals surface area contributed by atoms with Crippen LogP contribution in [0.2, 0.25) is 0 Å². The van der Waals surface area contributed by atoms with E-state index in [4.69, 9.17) is 0 Å². The Morgan fingerprint density at radius 2 is 1.43 bits per heavy atom. The van der Waals surface area contributed by atoms with Crippen molar-refractivity contribution in [3.05, 3.63) is 94.5 Å². The number of carbonyl (C=O) groups excluding carboxylic acids is 3. The molecule has 3 aromatic rings. The first kappa shape index (κ1) is 17.7. The van der Waals surface area contributed by atoms with Crippen molar-refractivity contribution >= 4 is 29.1 Å². The minimum Gasteiger partial charge on any atom is -0.320 e. The first-order valence-electron chi connectivity index (χ1n) is 8.93. The number of fused-ring (bicyclic) bond motifs is 1. The Balaban J connectivity index is 1.75. The number of carbonyl (C=O) groups is 3. The fourth-order valence-electron chi connectivity index (χ4n) is 3.36. The van der Waals surface area contributed by atoms with Gasteiger partial charge in [0.1, 0.15) is 0 Å². The SMILES string of the molecule is Cc1ccc(NC(=O)c2ccccc2C)c(N2C(=O)c3ccccc3C2=O)c1. The molecule has 0 spiro atoms. The molecule has 138 valence electrons. The van der Waals surface area contributed by atoms with Gasteiger partial charge in [0.05, 0.1) is 22.5 Å². The lowest BCUT2D eigenvalue weighted by atomic mass is 10.1. The Bertz CT molecular complexity index is 1100. The second-order valence-electron chi connectivity index (χ2n) is 6.78. The molecule has 1 heterocycles. The minimum atomic E-state index is -0.391. The van der Waals surface area contributed by atoms with E-state index in [1.807, 2.05) is 32.0 Å². The number of hydrogen-bond acceptors (Lipinski definition) is 3. The molecule has 0 radical (unpaired) electrons. The fourth-order valence-corrected chi connectivity index (χ4v) is 3.36. The zero-order valence-corrected chi connectivity index (χ0v) is 15.5. The predicted octanol–water partition coefficient (Wildman–Crippen LogP) is 4.36. The van der Waals surface area contributed by atoms with E-state index in [0.717, 1.165) is 16.0 Å². The highest BCUT2D eigenvalue weighted by Gasteiger charge is 2.37. The maximum atomic E-state index is 12.9. The molecule has 0 atom stereocenters. The molecule has 0 fully saturated rings. The lowest BCUT2D eigenvalue weighted by Crippen LogP contribution is -2.30. The molecule has 0 bridgehead atoms. The third-order valence-corrected chi connectivity index (χ3v) is 4.83. The van der Waals surface area contributed by atoms with Crippen molar-refractivity contribution in [3.8, 4) is 0 Å². The highest BCUT2D eigenvalue weighted by molar-refractivity contribution is 6.35. The number of benzene rings is 3. The van der Waals surface area contributed by atoms with Crippen molar-refractivity contribution in [3.63, 3.8) is 0 Å². The number of anilines is 2. The van der Waals surface area contributed by atoms with Crippen LogP contribution in [0.5, 0.6) is 0 Å². The van der Waals surface area contributed by atoms with Gasteiger partial charge in [-0.05, 0) is 55.3 Å². The summed E-state index contributed by atoms with van der Waals surface area (Å²) in [5, 5.41) is 2.85. The molecular formula is C23H18N2O3. The number of amides is 3. The van der Waals surface area contributed by atoms with E-state index in [0.29, 0.717) is 28.1 Å². The topological polar surface area (TPSA) is 66.5 Å². The van der Waals surface area contributed by atoms with Crippen LogP contribution in [0.15, 0.2) is 66.7 Å². The van der Waals surface area contributed by atoms with Gasteiger partial charge in [-0.2, -0.15) is 0 Å². The van der Waals surface area contributed by atoms with Gasteiger partial charge in [0.25, 0.3) is 17.7 Å². The van der Waals surface area contributed by atoms with Crippen LogP contribution in [0, 0.1) is 13.8 Å². The highest BCUT2D eigenvalue weighted by atomic mass is 16.2. The average Bonchev–Trinajstić information content (AvgIpc) is 2.94.